The Morgan fingerprint density at radius 2 is 2.16 bits per heavy atom. The lowest BCUT2D eigenvalue weighted by atomic mass is 9.96. The fourth-order valence-electron chi connectivity index (χ4n) is 1.73. The lowest BCUT2D eigenvalue weighted by Crippen LogP contribution is -2.28. The maximum Gasteiger partial charge on any atom is 0.319 e. The molecule has 1 aromatic carbocycles. The van der Waals surface area contributed by atoms with E-state index in [9.17, 15) is 4.79 Å². The second-order valence-electron chi connectivity index (χ2n) is 4.09. The minimum Gasteiger partial charge on any atom is -0.468 e. The van der Waals surface area contributed by atoms with Gasteiger partial charge in [-0.25, -0.2) is 0 Å². The average Bonchev–Trinajstić information content (AvgIpc) is 2.40. The van der Waals surface area contributed by atoms with E-state index in [1.165, 1.54) is 7.11 Å². The van der Waals surface area contributed by atoms with Crippen LogP contribution in [-0.4, -0.2) is 37.9 Å². The second kappa shape index (κ2) is 8.38. The van der Waals surface area contributed by atoms with Crippen molar-refractivity contribution in [2.24, 2.45) is 0 Å². The van der Waals surface area contributed by atoms with Crippen LogP contribution in [0.3, 0.4) is 0 Å². The summed E-state index contributed by atoms with van der Waals surface area (Å²) in [5, 5.41) is 13.1. The number of nitrogens with one attached hydrogen (secondary N) is 1. The van der Waals surface area contributed by atoms with Crippen molar-refractivity contribution in [1.29, 1.82) is 0 Å². The fraction of sp³-hybridized carbons (Fsp3) is 0.462. The largest absolute Gasteiger partial charge is 0.468 e. The first kappa shape index (κ1) is 16.2. The van der Waals surface area contributed by atoms with Crippen molar-refractivity contribution in [2.75, 3.05) is 26.8 Å². The van der Waals surface area contributed by atoms with Gasteiger partial charge in [0.1, 0.15) is 0 Å². The van der Waals surface area contributed by atoms with Crippen molar-refractivity contribution in [3.8, 4) is 0 Å². The van der Waals surface area contributed by atoms with E-state index in [0.717, 1.165) is 5.56 Å². The van der Waals surface area contributed by atoms with Crippen LogP contribution in [0.1, 0.15) is 17.9 Å². The number of esters is 1. The van der Waals surface area contributed by atoms with Crippen molar-refractivity contribution in [3.63, 3.8) is 0 Å². The normalized spacial score (nSPS) is 12.2. The van der Waals surface area contributed by atoms with Gasteiger partial charge in [-0.05, 0) is 30.0 Å². The number of aliphatic hydroxyl groups excluding tert-OH is 1. The number of carbonyl (C=O) groups is 1. The predicted octanol–water partition coefficient (Wildman–Crippen LogP) is 2.22. The Bertz CT molecular complexity index is 426. The van der Waals surface area contributed by atoms with E-state index < -0.39 is 0 Å². The van der Waals surface area contributed by atoms with Crippen LogP contribution in [-0.2, 0) is 9.53 Å². The minimum atomic E-state index is -0.322. The van der Waals surface area contributed by atoms with Gasteiger partial charge in [0.15, 0.2) is 0 Å². The Hall–Kier alpha value is -0.810. The van der Waals surface area contributed by atoms with Gasteiger partial charge in [-0.1, -0.05) is 29.3 Å². The molecule has 0 saturated heterocycles. The molecule has 1 rings (SSSR count). The van der Waals surface area contributed by atoms with Crippen LogP contribution < -0.4 is 5.32 Å². The summed E-state index contributed by atoms with van der Waals surface area (Å²) in [5.74, 6) is -0.263. The molecule has 0 aliphatic rings. The maximum absolute atomic E-state index is 11.0. The molecular formula is C13H17Cl2NO3. The second-order valence-corrected chi connectivity index (χ2v) is 4.90. The first-order chi connectivity index (χ1) is 9.08. The number of aliphatic hydroxyl groups is 1. The summed E-state index contributed by atoms with van der Waals surface area (Å²) >= 11 is 11.8. The summed E-state index contributed by atoms with van der Waals surface area (Å²) in [6, 6.07) is 5.38. The summed E-state index contributed by atoms with van der Waals surface area (Å²) in [4.78, 5) is 11.0. The van der Waals surface area contributed by atoms with Crippen LogP contribution in [0.25, 0.3) is 0 Å². The number of halogens is 2. The molecule has 0 amide bonds. The first-order valence-electron chi connectivity index (χ1n) is 5.91. The molecule has 1 aromatic rings. The predicted molar refractivity (Wildman–Crippen MR) is 75.8 cm³/mol. The van der Waals surface area contributed by atoms with Gasteiger partial charge in [0.05, 0.1) is 23.7 Å². The van der Waals surface area contributed by atoms with Crippen LogP contribution >= 0.6 is 23.2 Å². The molecule has 2 N–H and O–H groups in total. The molecule has 0 aliphatic carbocycles. The molecule has 4 nitrogen and oxygen atoms in total. The van der Waals surface area contributed by atoms with Gasteiger partial charge in [0.25, 0.3) is 0 Å². The van der Waals surface area contributed by atoms with Gasteiger partial charge in [-0.2, -0.15) is 0 Å². The van der Waals surface area contributed by atoms with E-state index in [-0.39, 0.29) is 25.0 Å². The summed E-state index contributed by atoms with van der Waals surface area (Å²) in [5.41, 5.74) is 0.973. The van der Waals surface area contributed by atoms with Crippen molar-refractivity contribution in [2.45, 2.75) is 12.3 Å². The quantitative estimate of drug-likeness (QED) is 0.758. The third-order valence-corrected chi connectivity index (χ3v) is 3.52. The third-order valence-electron chi connectivity index (χ3n) is 2.78. The fourth-order valence-corrected chi connectivity index (χ4v) is 2.04. The van der Waals surface area contributed by atoms with Crippen LogP contribution in [0.15, 0.2) is 18.2 Å². The standard InChI is InChI=1S/C13H17Cl2NO3/c1-19-13(18)8-16-7-10(4-5-17)9-2-3-11(14)12(15)6-9/h2-3,6,10,16-17H,4-5,7-8H2,1H3/t10-/m1/s1. The summed E-state index contributed by atoms with van der Waals surface area (Å²) in [6.45, 7) is 0.748. The lowest BCUT2D eigenvalue weighted by molar-refractivity contribution is -0.139. The van der Waals surface area contributed by atoms with Crippen LogP contribution in [0.4, 0.5) is 0 Å². The van der Waals surface area contributed by atoms with E-state index in [1.54, 1.807) is 12.1 Å². The molecule has 1 atom stereocenters. The SMILES string of the molecule is COC(=O)CNC[C@@H](CCO)c1ccc(Cl)c(Cl)c1. The average molecular weight is 306 g/mol. The minimum absolute atomic E-state index is 0.0597. The first-order valence-corrected chi connectivity index (χ1v) is 6.67. The number of hydrogen-bond acceptors (Lipinski definition) is 4. The lowest BCUT2D eigenvalue weighted by Gasteiger charge is -2.17. The van der Waals surface area contributed by atoms with E-state index in [0.29, 0.717) is 23.0 Å². The van der Waals surface area contributed by atoms with Gasteiger partial charge in [-0.15, -0.1) is 0 Å². The Kier molecular flexibility index (Phi) is 7.16. The zero-order chi connectivity index (χ0) is 14.3. The molecule has 106 valence electrons. The topological polar surface area (TPSA) is 58.6 Å². The molecule has 0 aliphatic heterocycles. The van der Waals surface area contributed by atoms with Gasteiger partial charge in [0, 0.05) is 13.2 Å². The van der Waals surface area contributed by atoms with E-state index in [2.05, 4.69) is 10.1 Å². The highest BCUT2D eigenvalue weighted by molar-refractivity contribution is 6.42. The molecule has 0 aromatic heterocycles. The number of ether oxygens (including phenoxy) is 1. The molecule has 0 bridgehead atoms. The number of hydrogen-bond donors (Lipinski definition) is 2. The maximum atomic E-state index is 11.0. The van der Waals surface area contributed by atoms with Gasteiger partial charge < -0.3 is 15.2 Å². The van der Waals surface area contributed by atoms with Crippen LogP contribution in [0.2, 0.25) is 10.0 Å². The summed E-state index contributed by atoms with van der Waals surface area (Å²) < 4.78 is 4.54. The van der Waals surface area contributed by atoms with Gasteiger partial charge in [-0.3, -0.25) is 4.79 Å². The number of rotatable bonds is 7. The summed E-state index contributed by atoms with van der Waals surface area (Å²) in [6.07, 6.45) is 0.576. The van der Waals surface area contributed by atoms with Crippen LogP contribution in [0.5, 0.6) is 0 Å². The van der Waals surface area contributed by atoms with Gasteiger partial charge in [0.2, 0.25) is 0 Å². The van der Waals surface area contributed by atoms with Crippen molar-refractivity contribution < 1.29 is 14.6 Å². The van der Waals surface area contributed by atoms with Crippen molar-refractivity contribution >= 4 is 29.2 Å². The van der Waals surface area contributed by atoms with Crippen molar-refractivity contribution in [3.05, 3.63) is 33.8 Å². The van der Waals surface area contributed by atoms with E-state index >= 15 is 0 Å². The zero-order valence-electron chi connectivity index (χ0n) is 10.7. The van der Waals surface area contributed by atoms with Crippen molar-refractivity contribution in [1.82, 2.24) is 5.32 Å². The Morgan fingerprint density at radius 3 is 2.74 bits per heavy atom. The molecule has 0 heterocycles. The van der Waals surface area contributed by atoms with Crippen LogP contribution in [0, 0.1) is 0 Å². The molecule has 0 saturated carbocycles. The molecular weight excluding hydrogens is 289 g/mol. The Labute approximate surface area is 122 Å². The molecule has 6 heteroatoms. The summed E-state index contributed by atoms with van der Waals surface area (Å²) in [7, 11) is 1.34. The Morgan fingerprint density at radius 1 is 1.42 bits per heavy atom. The number of carbonyl (C=O) groups excluding carboxylic acids is 1. The highest BCUT2D eigenvalue weighted by atomic mass is 35.5. The van der Waals surface area contributed by atoms with E-state index in [4.69, 9.17) is 28.3 Å². The molecule has 19 heavy (non-hydrogen) atoms. The molecule has 0 fully saturated rings. The highest BCUT2D eigenvalue weighted by Gasteiger charge is 2.13. The highest BCUT2D eigenvalue weighted by Crippen LogP contribution is 2.27. The molecule has 0 unspecified atom stereocenters. The zero-order valence-corrected chi connectivity index (χ0v) is 12.2. The van der Waals surface area contributed by atoms with E-state index in [1.807, 2.05) is 6.07 Å². The molecule has 0 radical (unpaired) electrons. The Balaban J connectivity index is 2.65. The number of benzene rings is 1. The number of methoxy groups -OCH3 is 1. The monoisotopic (exact) mass is 305 g/mol. The third kappa shape index (κ3) is 5.37. The molecule has 0 spiro atoms. The van der Waals surface area contributed by atoms with Gasteiger partial charge >= 0.3 is 5.97 Å². The smallest absolute Gasteiger partial charge is 0.319 e.